The van der Waals surface area contributed by atoms with Gasteiger partial charge in [-0.15, -0.1) is 0 Å². The molecule has 0 fully saturated rings. The minimum absolute atomic E-state index is 0.0418. The minimum Gasteiger partial charge on any atom is -0.366 e. The molecule has 2 aromatic carbocycles. The minimum atomic E-state index is -0.481. The molecule has 1 unspecified atom stereocenters. The van der Waals surface area contributed by atoms with E-state index < -0.39 is 5.91 Å². The smallest absolute Gasteiger partial charge is 0.248 e. The lowest BCUT2D eigenvalue weighted by atomic mass is 9.93. The van der Waals surface area contributed by atoms with Crippen molar-refractivity contribution in [2.45, 2.75) is 25.7 Å². The Morgan fingerprint density at radius 2 is 1.68 bits per heavy atom. The van der Waals surface area contributed by atoms with Gasteiger partial charge in [-0.2, -0.15) is 0 Å². The SMILES string of the molecule is CCCC(C(=O)Nc1ccc(C(N)=O)cc1)c1ccccc1. The van der Waals surface area contributed by atoms with Gasteiger partial charge >= 0.3 is 0 Å². The van der Waals surface area contributed by atoms with Crippen molar-refractivity contribution in [3.8, 4) is 0 Å². The second-order valence-corrected chi connectivity index (χ2v) is 5.18. The summed E-state index contributed by atoms with van der Waals surface area (Å²) in [4.78, 5) is 23.6. The lowest BCUT2D eigenvalue weighted by Gasteiger charge is -2.16. The number of amides is 2. The lowest BCUT2D eigenvalue weighted by molar-refractivity contribution is -0.117. The molecule has 4 heteroatoms. The highest BCUT2D eigenvalue weighted by atomic mass is 16.2. The van der Waals surface area contributed by atoms with Crippen LogP contribution in [-0.4, -0.2) is 11.8 Å². The molecule has 0 heterocycles. The third-order valence-electron chi connectivity index (χ3n) is 3.53. The zero-order chi connectivity index (χ0) is 15.9. The molecule has 0 aliphatic heterocycles. The van der Waals surface area contributed by atoms with Crippen molar-refractivity contribution in [3.05, 3.63) is 65.7 Å². The topological polar surface area (TPSA) is 72.2 Å². The fraction of sp³-hybridized carbons (Fsp3) is 0.222. The summed E-state index contributed by atoms with van der Waals surface area (Å²) in [6, 6.07) is 16.3. The van der Waals surface area contributed by atoms with E-state index in [2.05, 4.69) is 12.2 Å². The average molecular weight is 296 g/mol. The number of hydrogen-bond acceptors (Lipinski definition) is 2. The van der Waals surface area contributed by atoms with Gasteiger partial charge < -0.3 is 11.1 Å². The van der Waals surface area contributed by atoms with Crippen molar-refractivity contribution in [2.75, 3.05) is 5.32 Å². The Morgan fingerprint density at radius 1 is 1.05 bits per heavy atom. The van der Waals surface area contributed by atoms with Gasteiger partial charge in [0.15, 0.2) is 0 Å². The molecule has 0 aromatic heterocycles. The number of carbonyl (C=O) groups is 2. The van der Waals surface area contributed by atoms with Gasteiger partial charge in [0.2, 0.25) is 11.8 Å². The largest absolute Gasteiger partial charge is 0.366 e. The van der Waals surface area contributed by atoms with Crippen molar-refractivity contribution < 1.29 is 9.59 Å². The highest BCUT2D eigenvalue weighted by Crippen LogP contribution is 2.23. The maximum absolute atomic E-state index is 12.5. The van der Waals surface area contributed by atoms with Gasteiger partial charge in [-0.05, 0) is 36.2 Å². The standard InChI is InChI=1S/C18H20N2O2/c1-2-6-16(13-7-4-3-5-8-13)18(22)20-15-11-9-14(10-12-15)17(19)21/h3-5,7-12,16H,2,6H2,1H3,(H2,19,21)(H,20,22). The zero-order valence-corrected chi connectivity index (χ0v) is 12.6. The van der Waals surface area contributed by atoms with Gasteiger partial charge in [-0.3, -0.25) is 9.59 Å². The van der Waals surface area contributed by atoms with E-state index in [0.717, 1.165) is 18.4 Å². The molecular weight excluding hydrogens is 276 g/mol. The molecule has 2 rings (SSSR count). The Bertz CT molecular complexity index is 636. The Kier molecular flexibility index (Phi) is 5.31. The molecule has 0 aliphatic carbocycles. The van der Waals surface area contributed by atoms with Crippen LogP contribution in [0.2, 0.25) is 0 Å². The van der Waals surface area contributed by atoms with E-state index in [4.69, 9.17) is 5.73 Å². The van der Waals surface area contributed by atoms with E-state index in [-0.39, 0.29) is 11.8 Å². The molecule has 3 N–H and O–H groups in total. The second kappa shape index (κ2) is 7.41. The highest BCUT2D eigenvalue weighted by molar-refractivity contribution is 5.97. The summed E-state index contributed by atoms with van der Waals surface area (Å²) in [6.45, 7) is 2.06. The number of anilines is 1. The number of nitrogens with one attached hydrogen (secondary N) is 1. The highest BCUT2D eigenvalue weighted by Gasteiger charge is 2.19. The first-order valence-electron chi connectivity index (χ1n) is 7.37. The van der Waals surface area contributed by atoms with Crippen LogP contribution in [0.3, 0.4) is 0 Å². The summed E-state index contributed by atoms with van der Waals surface area (Å²) in [7, 11) is 0. The van der Waals surface area contributed by atoms with Crippen molar-refractivity contribution in [2.24, 2.45) is 5.73 Å². The molecule has 114 valence electrons. The van der Waals surface area contributed by atoms with Crippen LogP contribution in [0, 0.1) is 0 Å². The summed E-state index contributed by atoms with van der Waals surface area (Å²) in [5.74, 6) is -0.701. The molecule has 4 nitrogen and oxygen atoms in total. The number of rotatable bonds is 6. The maximum atomic E-state index is 12.5. The van der Waals surface area contributed by atoms with Gasteiger partial charge in [0.1, 0.15) is 0 Å². The van der Waals surface area contributed by atoms with Crippen LogP contribution < -0.4 is 11.1 Å². The van der Waals surface area contributed by atoms with Gasteiger partial charge in [0.05, 0.1) is 5.92 Å². The molecule has 0 saturated heterocycles. The normalized spacial score (nSPS) is 11.7. The lowest BCUT2D eigenvalue weighted by Crippen LogP contribution is -2.21. The number of primary amides is 1. The van der Waals surface area contributed by atoms with E-state index in [9.17, 15) is 9.59 Å². The van der Waals surface area contributed by atoms with Crippen molar-refractivity contribution in [1.82, 2.24) is 0 Å². The van der Waals surface area contributed by atoms with E-state index in [1.54, 1.807) is 24.3 Å². The van der Waals surface area contributed by atoms with Gasteiger partial charge in [0.25, 0.3) is 0 Å². The predicted molar refractivity (Wildman–Crippen MR) is 87.7 cm³/mol. The fourth-order valence-corrected chi connectivity index (χ4v) is 2.37. The van der Waals surface area contributed by atoms with Crippen LogP contribution in [-0.2, 0) is 4.79 Å². The molecule has 0 aliphatic rings. The van der Waals surface area contributed by atoms with E-state index in [0.29, 0.717) is 11.3 Å². The number of carbonyl (C=O) groups excluding carboxylic acids is 2. The molecule has 22 heavy (non-hydrogen) atoms. The maximum Gasteiger partial charge on any atom is 0.248 e. The van der Waals surface area contributed by atoms with Crippen molar-refractivity contribution in [3.63, 3.8) is 0 Å². The van der Waals surface area contributed by atoms with Crippen LogP contribution in [0.1, 0.15) is 41.6 Å². The first-order chi connectivity index (χ1) is 10.6. The molecule has 1 atom stereocenters. The Morgan fingerprint density at radius 3 is 2.23 bits per heavy atom. The second-order valence-electron chi connectivity index (χ2n) is 5.18. The van der Waals surface area contributed by atoms with E-state index in [1.165, 1.54) is 0 Å². The monoisotopic (exact) mass is 296 g/mol. The zero-order valence-electron chi connectivity index (χ0n) is 12.6. The average Bonchev–Trinajstić information content (AvgIpc) is 2.53. The van der Waals surface area contributed by atoms with E-state index in [1.807, 2.05) is 30.3 Å². The van der Waals surface area contributed by atoms with Crippen LogP contribution in [0.15, 0.2) is 54.6 Å². The molecule has 2 amide bonds. The molecule has 0 saturated carbocycles. The van der Waals surface area contributed by atoms with E-state index >= 15 is 0 Å². The molecule has 2 aromatic rings. The summed E-state index contributed by atoms with van der Waals surface area (Å²) in [6.07, 6.45) is 1.71. The molecular formula is C18H20N2O2. The number of hydrogen-bond donors (Lipinski definition) is 2. The van der Waals surface area contributed by atoms with Crippen LogP contribution >= 0.6 is 0 Å². The fourth-order valence-electron chi connectivity index (χ4n) is 2.37. The third-order valence-corrected chi connectivity index (χ3v) is 3.53. The van der Waals surface area contributed by atoms with Gasteiger partial charge in [-0.25, -0.2) is 0 Å². The van der Waals surface area contributed by atoms with Crippen LogP contribution in [0.4, 0.5) is 5.69 Å². The predicted octanol–water partition coefficient (Wildman–Crippen LogP) is 3.31. The van der Waals surface area contributed by atoms with Gasteiger partial charge in [-0.1, -0.05) is 43.7 Å². The Balaban J connectivity index is 2.12. The number of nitrogens with two attached hydrogens (primary N) is 1. The summed E-state index contributed by atoms with van der Waals surface area (Å²) >= 11 is 0. The molecule has 0 radical (unpaired) electrons. The quantitative estimate of drug-likeness (QED) is 0.858. The molecule has 0 spiro atoms. The Hall–Kier alpha value is -2.62. The summed E-state index contributed by atoms with van der Waals surface area (Å²) in [5.41, 5.74) is 7.29. The summed E-state index contributed by atoms with van der Waals surface area (Å²) < 4.78 is 0. The Labute approximate surface area is 130 Å². The first kappa shape index (κ1) is 15.8. The van der Waals surface area contributed by atoms with Crippen LogP contribution in [0.25, 0.3) is 0 Å². The van der Waals surface area contributed by atoms with Gasteiger partial charge in [0, 0.05) is 11.3 Å². The third kappa shape index (κ3) is 3.95. The molecule has 0 bridgehead atoms. The van der Waals surface area contributed by atoms with Crippen molar-refractivity contribution >= 4 is 17.5 Å². The first-order valence-corrected chi connectivity index (χ1v) is 7.37. The van der Waals surface area contributed by atoms with Crippen LogP contribution in [0.5, 0.6) is 0 Å². The summed E-state index contributed by atoms with van der Waals surface area (Å²) in [5, 5.41) is 2.90. The number of benzene rings is 2. The van der Waals surface area contributed by atoms with Crippen molar-refractivity contribution in [1.29, 1.82) is 0 Å².